The first kappa shape index (κ1) is 22.5. The Morgan fingerprint density at radius 3 is 2.23 bits per heavy atom. The van der Waals surface area contributed by atoms with Crippen LogP contribution in [0, 0.1) is 19.8 Å². The van der Waals surface area contributed by atoms with Crippen LogP contribution in [0.3, 0.4) is 0 Å². The minimum atomic E-state index is -0.424. The average Bonchev–Trinajstić information content (AvgIpc) is 3.16. The van der Waals surface area contributed by atoms with Crippen LogP contribution in [0.4, 0.5) is 11.4 Å². The third kappa shape index (κ3) is 4.31. The summed E-state index contributed by atoms with van der Waals surface area (Å²) < 4.78 is 16.2. The summed E-state index contributed by atoms with van der Waals surface area (Å²) in [5.41, 5.74) is 3.69. The van der Waals surface area contributed by atoms with Gasteiger partial charge in [-0.25, -0.2) is 0 Å². The Kier molecular flexibility index (Phi) is 6.73. The summed E-state index contributed by atoms with van der Waals surface area (Å²) in [6.45, 7) is 6.82. The molecule has 1 saturated heterocycles. The minimum Gasteiger partial charge on any atom is -0.493 e. The molecule has 1 aliphatic heterocycles. The third-order valence-electron chi connectivity index (χ3n) is 5.66. The van der Waals surface area contributed by atoms with Crippen molar-refractivity contribution in [2.24, 2.45) is 5.92 Å². The van der Waals surface area contributed by atoms with Gasteiger partial charge < -0.3 is 24.0 Å². The van der Waals surface area contributed by atoms with Crippen molar-refractivity contribution in [2.75, 3.05) is 44.2 Å². The molecule has 1 fully saturated rings. The van der Waals surface area contributed by atoms with E-state index in [1.165, 1.54) is 21.3 Å². The molecule has 2 aromatic rings. The lowest BCUT2D eigenvalue weighted by atomic mass is 10.0. The molecule has 7 heteroatoms. The maximum absolute atomic E-state index is 13.4. The van der Waals surface area contributed by atoms with Gasteiger partial charge in [-0.15, -0.1) is 0 Å². The Labute approximate surface area is 183 Å². The van der Waals surface area contributed by atoms with Gasteiger partial charge in [0.2, 0.25) is 17.6 Å². The number of carbonyl (C=O) groups excluding carboxylic acids is 2. The van der Waals surface area contributed by atoms with Crippen molar-refractivity contribution in [1.82, 2.24) is 0 Å². The zero-order chi connectivity index (χ0) is 22.7. The van der Waals surface area contributed by atoms with E-state index in [4.69, 9.17) is 14.2 Å². The van der Waals surface area contributed by atoms with Gasteiger partial charge in [-0.3, -0.25) is 9.59 Å². The lowest BCUT2D eigenvalue weighted by Gasteiger charge is -2.26. The van der Waals surface area contributed by atoms with E-state index in [0.29, 0.717) is 36.0 Å². The highest BCUT2D eigenvalue weighted by molar-refractivity contribution is 6.05. The molecule has 166 valence electrons. The number of amides is 2. The van der Waals surface area contributed by atoms with Crippen LogP contribution in [-0.2, 0) is 9.59 Å². The quantitative estimate of drug-likeness (QED) is 0.675. The first-order chi connectivity index (χ1) is 14.8. The van der Waals surface area contributed by atoms with Crippen molar-refractivity contribution < 1.29 is 23.8 Å². The summed E-state index contributed by atoms with van der Waals surface area (Å²) in [6.07, 6.45) is 0.164. The van der Waals surface area contributed by atoms with Crippen LogP contribution in [0.2, 0.25) is 0 Å². The normalized spacial score (nSPS) is 15.7. The summed E-state index contributed by atoms with van der Waals surface area (Å²) in [7, 11) is 4.59. The average molecular weight is 427 g/mol. The van der Waals surface area contributed by atoms with Gasteiger partial charge in [-0.1, -0.05) is 17.7 Å². The smallest absolute Gasteiger partial charge is 0.232 e. The number of nitrogens with zero attached hydrogens (tertiary/aromatic N) is 2. The van der Waals surface area contributed by atoms with Crippen LogP contribution in [0.25, 0.3) is 0 Å². The van der Waals surface area contributed by atoms with Crippen LogP contribution in [0.15, 0.2) is 30.3 Å². The summed E-state index contributed by atoms with van der Waals surface area (Å²) in [5, 5.41) is 0. The molecule has 7 nitrogen and oxygen atoms in total. The standard InChI is InChI=1S/C24H30N2O5/c1-7-25(19-9-8-15(2)10-16(19)3)24(28)17-11-22(27)26(14-17)18-12-20(29-4)23(31-6)21(13-18)30-5/h8-10,12-13,17H,7,11,14H2,1-6H3. The third-order valence-corrected chi connectivity index (χ3v) is 5.66. The number of carbonyl (C=O) groups is 2. The summed E-state index contributed by atoms with van der Waals surface area (Å²) in [6, 6.07) is 9.50. The number of anilines is 2. The fraction of sp³-hybridized carbons (Fsp3) is 0.417. The van der Waals surface area contributed by atoms with Gasteiger partial charge in [0.15, 0.2) is 11.5 Å². The van der Waals surface area contributed by atoms with E-state index in [1.54, 1.807) is 21.9 Å². The van der Waals surface area contributed by atoms with Crippen LogP contribution in [0.1, 0.15) is 24.5 Å². The maximum Gasteiger partial charge on any atom is 0.232 e. The number of benzene rings is 2. The topological polar surface area (TPSA) is 68.3 Å². The van der Waals surface area contributed by atoms with E-state index in [9.17, 15) is 9.59 Å². The van der Waals surface area contributed by atoms with E-state index in [2.05, 4.69) is 6.07 Å². The van der Waals surface area contributed by atoms with Crippen LogP contribution in [0.5, 0.6) is 17.2 Å². The Balaban J connectivity index is 1.88. The van der Waals surface area contributed by atoms with Gasteiger partial charge in [-0.05, 0) is 32.4 Å². The van der Waals surface area contributed by atoms with Crippen molar-refractivity contribution in [3.8, 4) is 17.2 Å². The number of rotatable bonds is 7. The largest absolute Gasteiger partial charge is 0.493 e. The molecule has 0 aliphatic carbocycles. The van der Waals surface area contributed by atoms with Gasteiger partial charge in [-0.2, -0.15) is 0 Å². The predicted molar refractivity (Wildman–Crippen MR) is 121 cm³/mol. The molecule has 1 unspecified atom stereocenters. The van der Waals surface area contributed by atoms with E-state index in [0.717, 1.165) is 16.8 Å². The van der Waals surface area contributed by atoms with Gasteiger partial charge in [0.05, 0.1) is 32.9 Å². The summed E-state index contributed by atoms with van der Waals surface area (Å²) >= 11 is 0. The minimum absolute atomic E-state index is 0.0438. The first-order valence-electron chi connectivity index (χ1n) is 10.3. The van der Waals surface area contributed by atoms with E-state index >= 15 is 0 Å². The number of hydrogen-bond donors (Lipinski definition) is 0. The molecule has 0 spiro atoms. The molecule has 1 aliphatic rings. The zero-order valence-corrected chi connectivity index (χ0v) is 19.0. The number of aryl methyl sites for hydroxylation is 2. The molecule has 0 N–H and O–H groups in total. The monoisotopic (exact) mass is 426 g/mol. The molecule has 0 bridgehead atoms. The number of methoxy groups -OCH3 is 3. The van der Waals surface area contributed by atoms with Crippen molar-refractivity contribution in [2.45, 2.75) is 27.2 Å². The molecule has 31 heavy (non-hydrogen) atoms. The Bertz CT molecular complexity index is 963. The zero-order valence-electron chi connectivity index (χ0n) is 19.0. The molecule has 0 saturated carbocycles. The predicted octanol–water partition coefficient (Wildman–Crippen LogP) is 3.74. The van der Waals surface area contributed by atoms with Gasteiger partial charge in [0.1, 0.15) is 0 Å². The van der Waals surface area contributed by atoms with Crippen LogP contribution < -0.4 is 24.0 Å². The second-order valence-corrected chi connectivity index (χ2v) is 7.66. The maximum atomic E-state index is 13.4. The van der Waals surface area contributed by atoms with Crippen LogP contribution >= 0.6 is 0 Å². The second kappa shape index (κ2) is 9.29. The van der Waals surface area contributed by atoms with E-state index < -0.39 is 5.92 Å². The summed E-state index contributed by atoms with van der Waals surface area (Å²) in [4.78, 5) is 29.6. The lowest BCUT2D eigenvalue weighted by Crippen LogP contribution is -2.38. The molecule has 2 amide bonds. The molecular formula is C24H30N2O5. The van der Waals surface area contributed by atoms with Gasteiger partial charge in [0, 0.05) is 37.3 Å². The van der Waals surface area contributed by atoms with Gasteiger partial charge >= 0.3 is 0 Å². The second-order valence-electron chi connectivity index (χ2n) is 7.66. The highest BCUT2D eigenvalue weighted by atomic mass is 16.5. The van der Waals surface area contributed by atoms with Crippen LogP contribution in [-0.4, -0.2) is 46.2 Å². The van der Waals surface area contributed by atoms with Crippen molar-refractivity contribution in [1.29, 1.82) is 0 Å². The molecule has 0 aromatic heterocycles. The van der Waals surface area contributed by atoms with Crippen molar-refractivity contribution >= 4 is 23.2 Å². The molecule has 3 rings (SSSR count). The van der Waals surface area contributed by atoms with E-state index in [1.807, 2.05) is 32.9 Å². The fourth-order valence-electron chi connectivity index (χ4n) is 4.12. The highest BCUT2D eigenvalue weighted by Crippen LogP contribution is 2.42. The fourth-order valence-corrected chi connectivity index (χ4v) is 4.12. The highest BCUT2D eigenvalue weighted by Gasteiger charge is 2.38. The molecule has 1 atom stereocenters. The lowest BCUT2D eigenvalue weighted by molar-refractivity contribution is -0.124. The van der Waals surface area contributed by atoms with Gasteiger partial charge in [0.25, 0.3) is 0 Å². The van der Waals surface area contributed by atoms with Crippen molar-refractivity contribution in [3.63, 3.8) is 0 Å². The van der Waals surface area contributed by atoms with E-state index in [-0.39, 0.29) is 18.2 Å². The Hall–Kier alpha value is -3.22. The number of ether oxygens (including phenoxy) is 3. The number of hydrogen-bond acceptors (Lipinski definition) is 5. The Morgan fingerprint density at radius 2 is 1.71 bits per heavy atom. The SMILES string of the molecule is CCN(C(=O)C1CC(=O)N(c2cc(OC)c(OC)c(OC)c2)C1)c1ccc(C)cc1C. The van der Waals surface area contributed by atoms with Crippen molar-refractivity contribution in [3.05, 3.63) is 41.5 Å². The Morgan fingerprint density at radius 1 is 1.06 bits per heavy atom. The molecule has 1 heterocycles. The molecular weight excluding hydrogens is 396 g/mol. The summed E-state index contributed by atoms with van der Waals surface area (Å²) in [5.74, 6) is 0.809. The molecule has 2 aromatic carbocycles. The first-order valence-corrected chi connectivity index (χ1v) is 10.3. The molecule has 0 radical (unpaired) electrons.